The van der Waals surface area contributed by atoms with Crippen molar-refractivity contribution in [3.63, 3.8) is 0 Å². The van der Waals surface area contributed by atoms with E-state index in [1.165, 1.54) is 0 Å². The number of hydrogen-bond acceptors (Lipinski definition) is 3. The summed E-state index contributed by atoms with van der Waals surface area (Å²) < 4.78 is 5.58. The Morgan fingerprint density at radius 2 is 1.88 bits per heavy atom. The van der Waals surface area contributed by atoms with Crippen LogP contribution in [0.15, 0.2) is 42.5 Å². The summed E-state index contributed by atoms with van der Waals surface area (Å²) in [7, 11) is 0. The van der Waals surface area contributed by atoms with Gasteiger partial charge in [0.25, 0.3) is 0 Å². The fourth-order valence-electron chi connectivity index (χ4n) is 1.39. The zero-order chi connectivity index (χ0) is 12.3. The maximum atomic E-state index is 8.94. The molecule has 2 rings (SSSR count). The average Bonchev–Trinajstić information content (AvgIpc) is 2.34. The summed E-state index contributed by atoms with van der Waals surface area (Å²) in [5.74, 6) is 0.812. The Bertz CT molecular complexity index is 570. The second-order valence-corrected chi connectivity index (χ2v) is 3.78. The normalized spacial score (nSPS) is 9.65. The van der Waals surface area contributed by atoms with Gasteiger partial charge in [0.05, 0.1) is 16.3 Å². The van der Waals surface area contributed by atoms with Crippen molar-refractivity contribution >= 4 is 17.3 Å². The van der Waals surface area contributed by atoms with Crippen LogP contribution in [0.2, 0.25) is 5.02 Å². The fraction of sp³-hybridized carbons (Fsp3) is 0. The quantitative estimate of drug-likeness (QED) is 0.822. The van der Waals surface area contributed by atoms with Gasteiger partial charge in [-0.2, -0.15) is 5.26 Å². The molecule has 0 bridgehead atoms. The lowest BCUT2D eigenvalue weighted by Crippen LogP contribution is -1.94. The number of halogens is 1. The van der Waals surface area contributed by atoms with Gasteiger partial charge in [0.2, 0.25) is 0 Å². The molecule has 0 aliphatic carbocycles. The van der Waals surface area contributed by atoms with Crippen molar-refractivity contribution in [3.8, 4) is 17.6 Å². The highest BCUT2D eigenvalue weighted by Crippen LogP contribution is 2.35. The number of nitrogens with zero attached hydrogens (tertiary/aromatic N) is 1. The van der Waals surface area contributed by atoms with Gasteiger partial charge < -0.3 is 10.5 Å². The van der Waals surface area contributed by atoms with Crippen LogP contribution in [0.1, 0.15) is 5.56 Å². The number of ether oxygens (including phenoxy) is 1. The molecule has 2 aromatic carbocycles. The molecule has 0 unspecified atom stereocenters. The minimum absolute atomic E-state index is 0.372. The van der Waals surface area contributed by atoms with Crippen LogP contribution in [0, 0.1) is 11.3 Å². The Morgan fingerprint density at radius 1 is 1.12 bits per heavy atom. The third kappa shape index (κ3) is 2.32. The highest BCUT2D eigenvalue weighted by molar-refractivity contribution is 6.32. The molecule has 0 saturated heterocycles. The summed E-state index contributed by atoms with van der Waals surface area (Å²) in [6, 6.07) is 14.1. The number of benzene rings is 2. The number of hydrogen-bond donors (Lipinski definition) is 1. The van der Waals surface area contributed by atoms with E-state index in [1.54, 1.807) is 42.5 Å². The van der Waals surface area contributed by atoms with Crippen LogP contribution in [0.3, 0.4) is 0 Å². The molecule has 0 saturated carbocycles. The number of nitrogens with two attached hydrogens (primary N) is 1. The first-order valence-electron chi connectivity index (χ1n) is 4.93. The van der Waals surface area contributed by atoms with Crippen LogP contribution in [-0.4, -0.2) is 0 Å². The third-order valence-corrected chi connectivity index (χ3v) is 2.51. The molecular formula is C13H9ClN2O. The molecule has 0 radical (unpaired) electrons. The number of anilines is 1. The summed E-state index contributed by atoms with van der Waals surface area (Å²) in [6.07, 6.45) is 0. The van der Waals surface area contributed by atoms with E-state index >= 15 is 0 Å². The van der Waals surface area contributed by atoms with E-state index in [1.807, 2.05) is 6.07 Å². The maximum Gasteiger partial charge on any atom is 0.168 e. The van der Waals surface area contributed by atoms with Crippen LogP contribution < -0.4 is 10.5 Å². The van der Waals surface area contributed by atoms with E-state index in [0.29, 0.717) is 27.8 Å². The van der Waals surface area contributed by atoms with Crippen LogP contribution >= 0.6 is 11.6 Å². The molecule has 84 valence electrons. The highest BCUT2D eigenvalue weighted by atomic mass is 35.5. The first-order chi connectivity index (χ1) is 8.22. The molecule has 17 heavy (non-hydrogen) atoms. The van der Waals surface area contributed by atoms with Gasteiger partial charge >= 0.3 is 0 Å². The van der Waals surface area contributed by atoms with Gasteiger partial charge in [0.1, 0.15) is 11.8 Å². The van der Waals surface area contributed by atoms with E-state index in [-0.39, 0.29) is 0 Å². The zero-order valence-electron chi connectivity index (χ0n) is 8.85. The Kier molecular flexibility index (Phi) is 3.17. The van der Waals surface area contributed by atoms with Crippen molar-refractivity contribution in [2.24, 2.45) is 0 Å². The van der Waals surface area contributed by atoms with Crippen molar-refractivity contribution in [2.75, 3.05) is 5.73 Å². The number of rotatable bonds is 2. The monoisotopic (exact) mass is 244 g/mol. The number of para-hydroxylation sites is 2. The SMILES string of the molecule is N#Cc1ccccc1Oc1c(N)cccc1Cl. The minimum Gasteiger partial charge on any atom is -0.452 e. The lowest BCUT2D eigenvalue weighted by atomic mass is 10.2. The van der Waals surface area contributed by atoms with E-state index < -0.39 is 0 Å². The van der Waals surface area contributed by atoms with E-state index in [0.717, 1.165) is 0 Å². The summed E-state index contributed by atoms with van der Waals surface area (Å²) in [5.41, 5.74) is 6.64. The predicted octanol–water partition coefficient (Wildman–Crippen LogP) is 3.59. The van der Waals surface area contributed by atoms with Gasteiger partial charge in [-0.25, -0.2) is 0 Å². The first kappa shape index (κ1) is 11.3. The molecule has 0 aliphatic rings. The van der Waals surface area contributed by atoms with Crippen molar-refractivity contribution in [1.82, 2.24) is 0 Å². The predicted molar refractivity (Wildman–Crippen MR) is 67.1 cm³/mol. The smallest absolute Gasteiger partial charge is 0.168 e. The molecule has 2 N–H and O–H groups in total. The lowest BCUT2D eigenvalue weighted by molar-refractivity contribution is 0.484. The zero-order valence-corrected chi connectivity index (χ0v) is 9.61. The fourth-order valence-corrected chi connectivity index (χ4v) is 1.61. The maximum absolute atomic E-state index is 8.94. The second-order valence-electron chi connectivity index (χ2n) is 3.37. The van der Waals surface area contributed by atoms with Gasteiger partial charge in [-0.1, -0.05) is 29.8 Å². The second kappa shape index (κ2) is 4.77. The molecule has 3 nitrogen and oxygen atoms in total. The molecule has 2 aromatic rings. The molecule has 0 heterocycles. The Morgan fingerprint density at radius 3 is 2.59 bits per heavy atom. The van der Waals surface area contributed by atoms with Gasteiger partial charge in [-0.3, -0.25) is 0 Å². The van der Waals surface area contributed by atoms with Gasteiger partial charge in [0.15, 0.2) is 5.75 Å². The van der Waals surface area contributed by atoms with Gasteiger partial charge in [-0.05, 0) is 24.3 Å². The molecule has 0 aliphatic heterocycles. The first-order valence-corrected chi connectivity index (χ1v) is 5.31. The van der Waals surface area contributed by atoms with Crippen LogP contribution in [0.5, 0.6) is 11.5 Å². The molecule has 0 amide bonds. The summed E-state index contributed by atoms with van der Waals surface area (Å²) in [5, 5.41) is 9.36. The minimum atomic E-state index is 0.372. The Hall–Kier alpha value is -2.18. The number of nitriles is 1. The largest absolute Gasteiger partial charge is 0.452 e. The van der Waals surface area contributed by atoms with Crippen molar-refractivity contribution in [3.05, 3.63) is 53.1 Å². The van der Waals surface area contributed by atoms with E-state index in [2.05, 4.69) is 0 Å². The van der Waals surface area contributed by atoms with E-state index in [9.17, 15) is 0 Å². The van der Waals surface area contributed by atoms with Gasteiger partial charge in [0, 0.05) is 0 Å². The Labute approximate surface area is 104 Å². The van der Waals surface area contributed by atoms with Crippen LogP contribution in [0.4, 0.5) is 5.69 Å². The Balaban J connectivity index is 2.42. The van der Waals surface area contributed by atoms with Crippen molar-refractivity contribution < 1.29 is 4.74 Å². The lowest BCUT2D eigenvalue weighted by Gasteiger charge is -2.10. The molecule has 0 atom stereocenters. The summed E-state index contributed by atoms with van der Waals surface area (Å²) in [6.45, 7) is 0. The molecule has 0 fully saturated rings. The molecule has 0 spiro atoms. The summed E-state index contributed by atoms with van der Waals surface area (Å²) in [4.78, 5) is 0. The molecule has 0 aromatic heterocycles. The van der Waals surface area contributed by atoms with E-state index in [4.69, 9.17) is 27.3 Å². The third-order valence-electron chi connectivity index (χ3n) is 2.22. The standard InChI is InChI=1S/C13H9ClN2O/c14-10-5-3-6-11(16)13(10)17-12-7-2-1-4-9(12)8-15/h1-7H,16H2. The number of nitrogen functional groups attached to an aromatic ring is 1. The average molecular weight is 245 g/mol. The molecular weight excluding hydrogens is 236 g/mol. The summed E-state index contributed by atoms with van der Waals surface area (Å²) >= 11 is 5.99. The van der Waals surface area contributed by atoms with Crippen LogP contribution in [0.25, 0.3) is 0 Å². The van der Waals surface area contributed by atoms with Crippen molar-refractivity contribution in [2.45, 2.75) is 0 Å². The van der Waals surface area contributed by atoms with Gasteiger partial charge in [-0.15, -0.1) is 0 Å². The molecule has 4 heteroatoms. The highest BCUT2D eigenvalue weighted by Gasteiger charge is 2.09. The van der Waals surface area contributed by atoms with Crippen molar-refractivity contribution in [1.29, 1.82) is 5.26 Å². The topological polar surface area (TPSA) is 59.0 Å². The van der Waals surface area contributed by atoms with Crippen LogP contribution in [-0.2, 0) is 0 Å².